The van der Waals surface area contributed by atoms with Gasteiger partial charge in [-0.25, -0.2) is 12.8 Å². The molecule has 0 atom stereocenters. The van der Waals surface area contributed by atoms with E-state index in [1.807, 2.05) is 0 Å². The van der Waals surface area contributed by atoms with Gasteiger partial charge in [0.25, 0.3) is 5.91 Å². The van der Waals surface area contributed by atoms with E-state index >= 15 is 0 Å². The molecule has 0 aliphatic heterocycles. The normalized spacial score (nSPS) is 12.2. The molecule has 0 aliphatic carbocycles. The third-order valence-electron chi connectivity index (χ3n) is 3.69. The lowest BCUT2D eigenvalue weighted by Gasteiger charge is -2.02. The molecule has 0 fully saturated rings. The summed E-state index contributed by atoms with van der Waals surface area (Å²) in [5.74, 6) is 0.306. The molecule has 0 saturated carbocycles. The minimum absolute atomic E-state index is 0.133. The molecule has 1 heterocycles. The fourth-order valence-electron chi connectivity index (χ4n) is 2.58. The van der Waals surface area contributed by atoms with E-state index in [1.165, 1.54) is 12.1 Å². The molecular formula is C19H15FN2O3S2. The monoisotopic (exact) mass is 402 g/mol. The predicted molar refractivity (Wildman–Crippen MR) is 103 cm³/mol. The Bertz CT molecular complexity index is 1200. The quantitative estimate of drug-likeness (QED) is 0.616. The summed E-state index contributed by atoms with van der Waals surface area (Å²) in [5, 5.41) is 0. The van der Waals surface area contributed by atoms with E-state index in [4.69, 9.17) is 6.42 Å². The van der Waals surface area contributed by atoms with Crippen LogP contribution >= 0.6 is 11.3 Å². The highest BCUT2D eigenvalue weighted by Crippen LogP contribution is 2.18. The van der Waals surface area contributed by atoms with Gasteiger partial charge in [-0.15, -0.1) is 6.42 Å². The van der Waals surface area contributed by atoms with Crippen LogP contribution in [0.25, 0.3) is 10.2 Å². The van der Waals surface area contributed by atoms with Gasteiger partial charge in [-0.3, -0.25) is 4.79 Å². The summed E-state index contributed by atoms with van der Waals surface area (Å²) in [5.41, 5.74) is 1.24. The first-order valence-corrected chi connectivity index (χ1v) is 10.6. The van der Waals surface area contributed by atoms with Crippen LogP contribution in [0.4, 0.5) is 4.39 Å². The number of amides is 1. The fourth-order valence-corrected chi connectivity index (χ4v) is 4.90. The maximum atomic E-state index is 13.4. The van der Waals surface area contributed by atoms with Gasteiger partial charge in [0.2, 0.25) is 0 Å². The molecule has 27 heavy (non-hydrogen) atoms. The highest BCUT2D eigenvalue weighted by molar-refractivity contribution is 7.91. The predicted octanol–water partition coefficient (Wildman–Crippen LogP) is 2.52. The Morgan fingerprint density at radius 3 is 2.67 bits per heavy atom. The molecule has 0 aliphatic rings. The van der Waals surface area contributed by atoms with Crippen LogP contribution < -0.4 is 4.80 Å². The second-order valence-corrected chi connectivity index (χ2v) is 8.88. The maximum absolute atomic E-state index is 13.4. The first-order valence-electron chi connectivity index (χ1n) is 7.92. The molecule has 1 aromatic heterocycles. The van der Waals surface area contributed by atoms with Crippen LogP contribution in [0.15, 0.2) is 53.5 Å². The summed E-state index contributed by atoms with van der Waals surface area (Å²) in [6, 6.07) is 12.8. The number of nitrogens with zero attached hydrogens (tertiary/aromatic N) is 2. The van der Waals surface area contributed by atoms with E-state index in [1.54, 1.807) is 41.0 Å². The van der Waals surface area contributed by atoms with Gasteiger partial charge in [-0.1, -0.05) is 47.6 Å². The number of carbonyl (C=O) groups is 1. The Kier molecular flexibility index (Phi) is 5.54. The minimum Gasteiger partial charge on any atom is -0.305 e. The Morgan fingerprint density at radius 2 is 1.96 bits per heavy atom. The average Bonchev–Trinajstić information content (AvgIpc) is 2.91. The minimum atomic E-state index is -3.66. The number of hydrogen-bond acceptors (Lipinski definition) is 4. The van der Waals surface area contributed by atoms with Crippen LogP contribution in [0.2, 0.25) is 0 Å². The third kappa shape index (κ3) is 4.70. The van der Waals surface area contributed by atoms with Crippen LogP contribution in [0.3, 0.4) is 0 Å². The standard InChI is InChI=1S/C19H15FN2O3S2/c1-2-10-22-16-9-8-15(20)11-17(16)26-19(22)21-18(23)13-27(24,25)12-14-6-4-3-5-7-14/h1,3-9,11H,10,12-13H2. The highest BCUT2D eigenvalue weighted by atomic mass is 32.2. The maximum Gasteiger partial charge on any atom is 0.263 e. The zero-order chi connectivity index (χ0) is 19.4. The van der Waals surface area contributed by atoms with Crippen LogP contribution in [-0.2, 0) is 26.9 Å². The number of hydrogen-bond donors (Lipinski definition) is 0. The smallest absolute Gasteiger partial charge is 0.263 e. The number of terminal acetylenes is 1. The molecule has 3 rings (SSSR count). The molecule has 0 saturated heterocycles. The Morgan fingerprint density at radius 1 is 1.22 bits per heavy atom. The van der Waals surface area contributed by atoms with Gasteiger partial charge in [0.1, 0.15) is 11.6 Å². The van der Waals surface area contributed by atoms with E-state index in [2.05, 4.69) is 10.9 Å². The van der Waals surface area contributed by atoms with Crippen LogP contribution in [0.5, 0.6) is 0 Å². The van der Waals surface area contributed by atoms with E-state index in [9.17, 15) is 17.6 Å². The van der Waals surface area contributed by atoms with Gasteiger partial charge in [-0.2, -0.15) is 4.99 Å². The Hall–Kier alpha value is -2.76. The van der Waals surface area contributed by atoms with Gasteiger partial charge >= 0.3 is 0 Å². The molecule has 5 nitrogen and oxygen atoms in total. The van der Waals surface area contributed by atoms with Crippen molar-refractivity contribution >= 4 is 37.3 Å². The second kappa shape index (κ2) is 7.86. The van der Waals surface area contributed by atoms with E-state index in [0.717, 1.165) is 11.3 Å². The summed E-state index contributed by atoms with van der Waals surface area (Å²) in [7, 11) is -3.66. The molecule has 2 aromatic carbocycles. The van der Waals surface area contributed by atoms with Gasteiger partial charge in [0.15, 0.2) is 14.6 Å². The number of thiazole rings is 1. The largest absolute Gasteiger partial charge is 0.305 e. The lowest BCUT2D eigenvalue weighted by molar-refractivity contribution is -0.115. The van der Waals surface area contributed by atoms with Crippen LogP contribution in [-0.4, -0.2) is 24.6 Å². The molecule has 138 valence electrons. The van der Waals surface area contributed by atoms with Crippen molar-refractivity contribution in [2.45, 2.75) is 12.3 Å². The number of fused-ring (bicyclic) bond motifs is 1. The lowest BCUT2D eigenvalue weighted by Crippen LogP contribution is -2.21. The van der Waals surface area contributed by atoms with Gasteiger partial charge in [0.05, 0.1) is 22.5 Å². The van der Waals surface area contributed by atoms with Crippen LogP contribution in [0, 0.1) is 18.2 Å². The van der Waals surface area contributed by atoms with Gasteiger partial charge in [-0.05, 0) is 23.8 Å². The van der Waals surface area contributed by atoms with E-state index in [0.29, 0.717) is 15.8 Å². The van der Waals surface area contributed by atoms with Crippen molar-refractivity contribution in [3.63, 3.8) is 0 Å². The van der Waals surface area contributed by atoms with Crippen molar-refractivity contribution in [2.75, 3.05) is 5.75 Å². The zero-order valence-electron chi connectivity index (χ0n) is 14.1. The number of benzene rings is 2. The number of carbonyl (C=O) groups excluding carboxylic acids is 1. The lowest BCUT2D eigenvalue weighted by atomic mass is 10.2. The number of halogens is 1. The summed E-state index contributed by atoms with van der Waals surface area (Å²) in [6.45, 7) is 0.133. The van der Waals surface area contributed by atoms with Gasteiger partial charge in [0, 0.05) is 0 Å². The average molecular weight is 402 g/mol. The molecule has 0 radical (unpaired) electrons. The molecular weight excluding hydrogens is 387 g/mol. The molecule has 0 spiro atoms. The number of aromatic nitrogens is 1. The topological polar surface area (TPSA) is 68.5 Å². The third-order valence-corrected chi connectivity index (χ3v) is 6.19. The van der Waals surface area contributed by atoms with Crippen molar-refractivity contribution < 1.29 is 17.6 Å². The summed E-state index contributed by atoms with van der Waals surface area (Å²) < 4.78 is 40.1. The van der Waals surface area contributed by atoms with Crippen molar-refractivity contribution in [2.24, 2.45) is 4.99 Å². The fraction of sp³-hybridized carbons (Fsp3) is 0.158. The first kappa shape index (κ1) is 19.0. The van der Waals surface area contributed by atoms with Crippen molar-refractivity contribution in [3.8, 4) is 12.3 Å². The number of sulfone groups is 1. The highest BCUT2D eigenvalue weighted by Gasteiger charge is 2.18. The zero-order valence-corrected chi connectivity index (χ0v) is 15.8. The van der Waals surface area contributed by atoms with E-state index < -0.39 is 27.3 Å². The van der Waals surface area contributed by atoms with E-state index in [-0.39, 0.29) is 17.1 Å². The molecule has 0 unspecified atom stereocenters. The number of rotatable bonds is 5. The SMILES string of the molecule is C#CCn1c(=NC(=O)CS(=O)(=O)Cc2ccccc2)sc2cc(F)ccc21. The summed E-state index contributed by atoms with van der Waals surface area (Å²) in [4.78, 5) is 16.4. The Labute approximate surface area is 159 Å². The molecule has 1 amide bonds. The molecule has 0 N–H and O–H groups in total. The van der Waals surface area contributed by atoms with Crippen LogP contribution in [0.1, 0.15) is 5.56 Å². The Balaban J connectivity index is 1.91. The molecule has 8 heteroatoms. The first-order chi connectivity index (χ1) is 12.9. The van der Waals surface area contributed by atoms with Crippen molar-refractivity contribution in [1.29, 1.82) is 0 Å². The molecule has 3 aromatic rings. The summed E-state index contributed by atoms with van der Waals surface area (Å²) >= 11 is 1.08. The van der Waals surface area contributed by atoms with Crippen molar-refractivity contribution in [1.82, 2.24) is 4.57 Å². The van der Waals surface area contributed by atoms with Gasteiger partial charge < -0.3 is 4.57 Å². The second-order valence-electron chi connectivity index (χ2n) is 5.81. The van der Waals surface area contributed by atoms with Crippen molar-refractivity contribution in [3.05, 3.63) is 64.7 Å². The summed E-state index contributed by atoms with van der Waals surface area (Å²) in [6.07, 6.45) is 5.37. The molecule has 0 bridgehead atoms.